The highest BCUT2D eigenvalue weighted by Crippen LogP contribution is 2.24. The summed E-state index contributed by atoms with van der Waals surface area (Å²) in [4.78, 5) is 21.0. The third-order valence-electron chi connectivity index (χ3n) is 1.81. The molecule has 0 spiro atoms. The zero-order valence-electron chi connectivity index (χ0n) is 8.40. The van der Waals surface area contributed by atoms with Gasteiger partial charge in [-0.2, -0.15) is 0 Å². The van der Waals surface area contributed by atoms with Crippen molar-refractivity contribution in [3.8, 4) is 0 Å². The lowest BCUT2D eigenvalue weighted by Gasteiger charge is -2.04. The van der Waals surface area contributed by atoms with Crippen LogP contribution in [0.25, 0.3) is 0 Å². The summed E-state index contributed by atoms with van der Waals surface area (Å²) in [5.74, 6) is -1.85. The van der Waals surface area contributed by atoms with Crippen LogP contribution in [0, 0.1) is 15.9 Å². The number of nitrogens with two attached hydrogens (primary N) is 1. The van der Waals surface area contributed by atoms with Crippen LogP contribution in [0.15, 0.2) is 12.1 Å². The average Bonchev–Trinajstić information content (AvgIpc) is 2.21. The first-order chi connectivity index (χ1) is 7.47. The monoisotopic (exact) mass is 228 g/mol. The highest BCUT2D eigenvalue weighted by molar-refractivity contribution is 5.95. The number of nitrogens with zero attached hydrogens (tertiary/aromatic N) is 1. The lowest BCUT2D eigenvalue weighted by Crippen LogP contribution is -2.09. The van der Waals surface area contributed by atoms with Crippen LogP contribution >= 0.6 is 0 Å². The van der Waals surface area contributed by atoms with Gasteiger partial charge in [-0.25, -0.2) is 9.18 Å². The smallest absolute Gasteiger partial charge is 0.345 e. The lowest BCUT2D eigenvalue weighted by atomic mass is 10.1. The molecule has 1 rings (SSSR count). The highest BCUT2D eigenvalue weighted by atomic mass is 19.1. The normalized spacial score (nSPS) is 9.88. The molecule has 2 N–H and O–H groups in total. The van der Waals surface area contributed by atoms with Crippen LogP contribution in [0.2, 0.25) is 0 Å². The Balaban J connectivity index is 3.30. The average molecular weight is 228 g/mol. The molecule has 6 nitrogen and oxygen atoms in total. The van der Waals surface area contributed by atoms with Gasteiger partial charge >= 0.3 is 5.97 Å². The van der Waals surface area contributed by atoms with Gasteiger partial charge in [-0.3, -0.25) is 10.1 Å². The van der Waals surface area contributed by atoms with Crippen molar-refractivity contribution in [2.75, 3.05) is 12.3 Å². The van der Waals surface area contributed by atoms with Crippen molar-refractivity contribution in [1.82, 2.24) is 0 Å². The molecule has 0 aliphatic rings. The van der Waals surface area contributed by atoms with Crippen molar-refractivity contribution >= 4 is 17.3 Å². The summed E-state index contributed by atoms with van der Waals surface area (Å²) < 4.78 is 17.6. The molecular formula is C9H9FN2O4. The molecular weight excluding hydrogens is 219 g/mol. The standard InChI is InChI=1S/C9H9FN2O4/c1-2-16-9(13)5-3-7(11)6(10)4-8(5)12(14)15/h3-4H,2,11H2,1H3. The first-order valence-electron chi connectivity index (χ1n) is 4.38. The molecule has 0 aliphatic carbocycles. The summed E-state index contributed by atoms with van der Waals surface area (Å²) in [5, 5.41) is 10.6. The maximum atomic E-state index is 13.0. The third kappa shape index (κ3) is 2.25. The van der Waals surface area contributed by atoms with Crippen LogP contribution in [0.5, 0.6) is 0 Å². The number of anilines is 1. The van der Waals surface area contributed by atoms with Gasteiger partial charge in [0.15, 0.2) is 5.82 Å². The Kier molecular flexibility index (Phi) is 3.39. The van der Waals surface area contributed by atoms with E-state index in [1.54, 1.807) is 6.92 Å². The van der Waals surface area contributed by atoms with Crippen molar-refractivity contribution in [1.29, 1.82) is 0 Å². The fourth-order valence-electron chi connectivity index (χ4n) is 1.10. The van der Waals surface area contributed by atoms with Crippen molar-refractivity contribution in [2.24, 2.45) is 0 Å². The highest BCUT2D eigenvalue weighted by Gasteiger charge is 2.23. The topological polar surface area (TPSA) is 95.5 Å². The largest absolute Gasteiger partial charge is 0.462 e. The Morgan fingerprint density at radius 2 is 2.25 bits per heavy atom. The molecule has 0 radical (unpaired) electrons. The number of hydrogen-bond acceptors (Lipinski definition) is 5. The predicted molar refractivity (Wildman–Crippen MR) is 53.4 cm³/mol. The van der Waals surface area contributed by atoms with Crippen LogP contribution in [-0.2, 0) is 4.74 Å². The SMILES string of the molecule is CCOC(=O)c1cc(N)c(F)cc1[N+](=O)[O-]. The zero-order chi connectivity index (χ0) is 12.3. The number of ether oxygens (including phenoxy) is 1. The number of nitrogen functional groups attached to an aromatic ring is 1. The molecule has 0 saturated carbocycles. The number of benzene rings is 1. The van der Waals surface area contributed by atoms with Gasteiger partial charge in [-0.15, -0.1) is 0 Å². The number of esters is 1. The van der Waals surface area contributed by atoms with Gasteiger partial charge in [0, 0.05) is 0 Å². The van der Waals surface area contributed by atoms with E-state index in [0.717, 1.165) is 6.07 Å². The molecule has 1 aromatic carbocycles. The predicted octanol–water partition coefficient (Wildman–Crippen LogP) is 1.49. The molecule has 0 saturated heterocycles. The molecule has 0 atom stereocenters. The summed E-state index contributed by atoms with van der Waals surface area (Å²) in [6, 6.07) is 1.49. The Morgan fingerprint density at radius 1 is 1.62 bits per heavy atom. The van der Waals surface area contributed by atoms with Gasteiger partial charge in [-0.1, -0.05) is 0 Å². The first-order valence-corrected chi connectivity index (χ1v) is 4.38. The number of nitro groups is 1. The van der Waals surface area contributed by atoms with E-state index in [4.69, 9.17) is 5.73 Å². The molecule has 0 unspecified atom stereocenters. The second-order valence-electron chi connectivity index (χ2n) is 2.87. The minimum absolute atomic E-state index is 0.0628. The fourth-order valence-corrected chi connectivity index (χ4v) is 1.10. The molecule has 0 bridgehead atoms. The van der Waals surface area contributed by atoms with Gasteiger partial charge < -0.3 is 10.5 Å². The first kappa shape index (κ1) is 11.9. The number of hydrogen-bond donors (Lipinski definition) is 1. The second kappa shape index (κ2) is 4.56. The van der Waals surface area contributed by atoms with Crippen LogP contribution in [0.3, 0.4) is 0 Å². The Morgan fingerprint density at radius 3 is 2.75 bits per heavy atom. The molecule has 0 heterocycles. The van der Waals surface area contributed by atoms with Gasteiger partial charge in [-0.05, 0) is 13.0 Å². The number of carbonyl (C=O) groups excluding carboxylic acids is 1. The molecule has 16 heavy (non-hydrogen) atoms. The molecule has 0 aromatic heterocycles. The van der Waals surface area contributed by atoms with Crippen LogP contribution in [-0.4, -0.2) is 17.5 Å². The van der Waals surface area contributed by atoms with E-state index in [9.17, 15) is 19.3 Å². The number of rotatable bonds is 3. The van der Waals surface area contributed by atoms with Gasteiger partial charge in [0.25, 0.3) is 5.69 Å². The molecule has 0 fully saturated rings. The number of halogens is 1. The number of carbonyl (C=O) groups is 1. The molecule has 86 valence electrons. The van der Waals surface area contributed by atoms with E-state index in [0.29, 0.717) is 6.07 Å². The van der Waals surface area contributed by atoms with Crippen molar-refractivity contribution in [3.05, 3.63) is 33.6 Å². The van der Waals surface area contributed by atoms with Crippen molar-refractivity contribution < 1.29 is 18.8 Å². The lowest BCUT2D eigenvalue weighted by molar-refractivity contribution is -0.385. The van der Waals surface area contributed by atoms with Crippen LogP contribution in [0.1, 0.15) is 17.3 Å². The Hall–Kier alpha value is -2.18. The summed E-state index contributed by atoms with van der Waals surface area (Å²) >= 11 is 0. The molecule has 1 aromatic rings. The van der Waals surface area contributed by atoms with Gasteiger partial charge in [0.1, 0.15) is 5.56 Å². The minimum Gasteiger partial charge on any atom is -0.462 e. The maximum Gasteiger partial charge on any atom is 0.345 e. The summed E-state index contributed by atoms with van der Waals surface area (Å²) in [7, 11) is 0. The number of nitro benzene ring substituents is 1. The van der Waals surface area contributed by atoms with E-state index in [1.165, 1.54) is 0 Å². The van der Waals surface area contributed by atoms with Gasteiger partial charge in [0.2, 0.25) is 0 Å². The van der Waals surface area contributed by atoms with Crippen molar-refractivity contribution in [2.45, 2.75) is 6.92 Å². The summed E-state index contributed by atoms with van der Waals surface area (Å²) in [6.07, 6.45) is 0. The van der Waals surface area contributed by atoms with Crippen molar-refractivity contribution in [3.63, 3.8) is 0 Å². The quantitative estimate of drug-likeness (QED) is 0.366. The Bertz CT molecular complexity index is 447. The van der Waals surface area contributed by atoms with Crippen LogP contribution < -0.4 is 5.73 Å². The fraction of sp³-hybridized carbons (Fsp3) is 0.222. The third-order valence-corrected chi connectivity index (χ3v) is 1.81. The summed E-state index contributed by atoms with van der Waals surface area (Å²) in [6.45, 7) is 1.61. The molecule has 7 heteroatoms. The molecule has 0 aliphatic heterocycles. The zero-order valence-corrected chi connectivity index (χ0v) is 8.40. The van der Waals surface area contributed by atoms with E-state index in [1.807, 2.05) is 0 Å². The van der Waals surface area contributed by atoms with E-state index in [2.05, 4.69) is 4.74 Å². The van der Waals surface area contributed by atoms with Crippen LogP contribution in [0.4, 0.5) is 15.8 Å². The molecule has 0 amide bonds. The van der Waals surface area contributed by atoms with E-state index < -0.39 is 22.4 Å². The van der Waals surface area contributed by atoms with E-state index in [-0.39, 0.29) is 17.9 Å². The second-order valence-corrected chi connectivity index (χ2v) is 2.87. The Labute approximate surface area is 90.0 Å². The van der Waals surface area contributed by atoms with E-state index >= 15 is 0 Å². The minimum atomic E-state index is -0.945. The van der Waals surface area contributed by atoms with Gasteiger partial charge in [0.05, 0.1) is 23.3 Å². The maximum absolute atomic E-state index is 13.0. The summed E-state index contributed by atoms with van der Waals surface area (Å²) in [5.41, 5.74) is 3.86.